The second-order valence-electron chi connectivity index (χ2n) is 16.9. The van der Waals surface area contributed by atoms with Gasteiger partial charge in [-0.2, -0.15) is 0 Å². The van der Waals surface area contributed by atoms with Crippen molar-refractivity contribution in [3.8, 4) is 33.8 Å². The summed E-state index contributed by atoms with van der Waals surface area (Å²) in [4.78, 5) is 2.44. The minimum Gasteiger partial charge on any atom is -0.457 e. The highest BCUT2D eigenvalue weighted by Gasteiger charge is 2.61. The molecule has 0 N–H and O–H groups in total. The molecule has 4 fully saturated rings. The number of hydrogen-bond acceptors (Lipinski definition) is 2. The lowest BCUT2D eigenvalue weighted by Crippen LogP contribution is -2.56. The standard InChI is InChI=1S/C54H43NO/c1-3-16-46-37(10-1)12-8-18-47(46)39-22-25-44(26-23-39)55(51-20-9-13-38-11-2-4-17-48(38)51)45-15-7-14-40(33-45)41-24-27-53-50(34-41)54(49-19-5-6-21-52(49)56-53)42-29-35-28-36(31-42)32-43(54)30-35/h1-27,33-36,42-43H,28-32H2. The predicted molar refractivity (Wildman–Crippen MR) is 231 cm³/mol. The van der Waals surface area contributed by atoms with Crippen LogP contribution < -0.4 is 9.64 Å². The van der Waals surface area contributed by atoms with E-state index in [0.717, 1.165) is 34.7 Å². The summed E-state index contributed by atoms with van der Waals surface area (Å²) in [6.07, 6.45) is 6.83. The molecule has 2 nitrogen and oxygen atoms in total. The summed E-state index contributed by atoms with van der Waals surface area (Å²) in [6.45, 7) is 0. The summed E-state index contributed by atoms with van der Waals surface area (Å²) in [7, 11) is 0. The van der Waals surface area contributed by atoms with E-state index >= 15 is 0 Å². The minimum absolute atomic E-state index is 0.0199. The Morgan fingerprint density at radius 2 is 1.04 bits per heavy atom. The Kier molecular flexibility index (Phi) is 7.15. The summed E-state index contributed by atoms with van der Waals surface area (Å²) in [6, 6.07) is 65.0. The Balaban J connectivity index is 0.992. The number of nitrogens with zero attached hydrogens (tertiary/aromatic N) is 1. The van der Waals surface area contributed by atoms with Crippen molar-refractivity contribution >= 4 is 38.6 Å². The van der Waals surface area contributed by atoms with Gasteiger partial charge < -0.3 is 9.64 Å². The van der Waals surface area contributed by atoms with E-state index in [1.165, 1.54) is 92.7 Å². The van der Waals surface area contributed by atoms with Crippen molar-refractivity contribution in [1.82, 2.24) is 0 Å². The van der Waals surface area contributed by atoms with Gasteiger partial charge in [-0.1, -0.05) is 127 Å². The minimum atomic E-state index is 0.0199. The topological polar surface area (TPSA) is 12.5 Å². The van der Waals surface area contributed by atoms with Gasteiger partial charge in [0.05, 0.1) is 5.69 Å². The molecule has 5 aliphatic rings. The molecule has 13 rings (SSSR count). The van der Waals surface area contributed by atoms with E-state index in [1.54, 1.807) is 0 Å². The van der Waals surface area contributed by atoms with E-state index in [9.17, 15) is 0 Å². The molecule has 2 heteroatoms. The first-order valence-corrected chi connectivity index (χ1v) is 20.6. The molecule has 56 heavy (non-hydrogen) atoms. The molecule has 1 spiro atoms. The van der Waals surface area contributed by atoms with Gasteiger partial charge in [0.2, 0.25) is 0 Å². The molecule has 1 heterocycles. The molecule has 0 unspecified atom stereocenters. The second-order valence-corrected chi connectivity index (χ2v) is 16.9. The first-order chi connectivity index (χ1) is 27.7. The number of rotatable bonds is 5. The maximum Gasteiger partial charge on any atom is 0.131 e. The highest BCUT2D eigenvalue weighted by atomic mass is 16.5. The van der Waals surface area contributed by atoms with Crippen molar-refractivity contribution in [2.75, 3.05) is 4.90 Å². The van der Waals surface area contributed by atoms with Crippen LogP contribution in [0.4, 0.5) is 17.1 Å². The van der Waals surface area contributed by atoms with Crippen LogP contribution in [0.2, 0.25) is 0 Å². The molecule has 4 bridgehead atoms. The number of benzene rings is 8. The Morgan fingerprint density at radius 3 is 1.84 bits per heavy atom. The number of para-hydroxylation sites is 1. The van der Waals surface area contributed by atoms with Crippen molar-refractivity contribution < 1.29 is 4.74 Å². The molecule has 270 valence electrons. The van der Waals surface area contributed by atoms with Crippen LogP contribution in [0.3, 0.4) is 0 Å². The van der Waals surface area contributed by atoms with Crippen LogP contribution in [0.1, 0.15) is 43.2 Å². The smallest absolute Gasteiger partial charge is 0.131 e. The number of hydrogen-bond donors (Lipinski definition) is 0. The Morgan fingerprint density at radius 1 is 0.429 bits per heavy atom. The van der Waals surface area contributed by atoms with E-state index in [2.05, 4.69) is 181 Å². The Bertz CT molecular complexity index is 2780. The average Bonchev–Trinajstić information content (AvgIpc) is 3.25. The lowest BCUT2D eigenvalue weighted by molar-refractivity contribution is -0.0452. The Labute approximate surface area is 329 Å². The molecule has 0 atom stereocenters. The van der Waals surface area contributed by atoms with E-state index in [-0.39, 0.29) is 5.41 Å². The van der Waals surface area contributed by atoms with Crippen molar-refractivity contribution in [2.45, 2.75) is 37.5 Å². The fourth-order valence-electron chi connectivity index (χ4n) is 12.0. The highest BCUT2D eigenvalue weighted by molar-refractivity contribution is 6.00. The molecule has 0 amide bonds. The van der Waals surface area contributed by atoms with Gasteiger partial charge in [-0.25, -0.2) is 0 Å². The Hall–Kier alpha value is -6.12. The van der Waals surface area contributed by atoms with Crippen LogP contribution in [0, 0.1) is 23.7 Å². The van der Waals surface area contributed by atoms with Crippen LogP contribution in [-0.2, 0) is 5.41 Å². The summed E-state index contributed by atoms with van der Waals surface area (Å²) in [5.74, 6) is 5.25. The molecule has 8 aromatic rings. The first-order valence-electron chi connectivity index (χ1n) is 20.6. The van der Waals surface area contributed by atoms with Crippen LogP contribution in [0.5, 0.6) is 11.5 Å². The van der Waals surface area contributed by atoms with Crippen LogP contribution in [0.15, 0.2) is 176 Å². The largest absolute Gasteiger partial charge is 0.457 e. The van der Waals surface area contributed by atoms with Crippen LogP contribution in [0.25, 0.3) is 43.8 Å². The summed E-state index contributed by atoms with van der Waals surface area (Å²) < 4.78 is 6.77. The normalized spacial score (nSPS) is 22.9. The van der Waals surface area contributed by atoms with Crippen molar-refractivity contribution in [2.24, 2.45) is 23.7 Å². The number of fused-ring (bicyclic) bond motifs is 4. The van der Waals surface area contributed by atoms with Gasteiger partial charge in [0, 0.05) is 33.3 Å². The maximum absolute atomic E-state index is 6.77. The fourth-order valence-corrected chi connectivity index (χ4v) is 12.0. The monoisotopic (exact) mass is 721 g/mol. The molecule has 4 aliphatic carbocycles. The van der Waals surface area contributed by atoms with Crippen LogP contribution in [-0.4, -0.2) is 0 Å². The van der Waals surface area contributed by atoms with Gasteiger partial charge in [-0.3, -0.25) is 0 Å². The quantitative estimate of drug-likeness (QED) is 0.175. The lowest BCUT2D eigenvalue weighted by Gasteiger charge is -2.63. The van der Waals surface area contributed by atoms with E-state index in [0.29, 0.717) is 11.8 Å². The predicted octanol–water partition coefficient (Wildman–Crippen LogP) is 14.6. The second kappa shape index (κ2) is 12.4. The zero-order valence-electron chi connectivity index (χ0n) is 31.4. The first kappa shape index (κ1) is 32.2. The van der Waals surface area contributed by atoms with E-state index in [4.69, 9.17) is 4.74 Å². The van der Waals surface area contributed by atoms with Crippen molar-refractivity contribution in [1.29, 1.82) is 0 Å². The molecule has 0 aromatic heterocycles. The van der Waals surface area contributed by atoms with E-state index in [1.807, 2.05) is 0 Å². The van der Waals surface area contributed by atoms with Crippen molar-refractivity contribution in [3.05, 3.63) is 187 Å². The number of anilines is 3. The third kappa shape index (κ3) is 4.81. The zero-order chi connectivity index (χ0) is 36.8. The summed E-state index contributed by atoms with van der Waals surface area (Å²) >= 11 is 0. The van der Waals surface area contributed by atoms with Gasteiger partial charge in [0.25, 0.3) is 0 Å². The zero-order valence-corrected chi connectivity index (χ0v) is 31.4. The fraction of sp³-hybridized carbons (Fsp3) is 0.185. The molecule has 0 saturated heterocycles. The van der Waals surface area contributed by atoms with Gasteiger partial charge in [-0.05, 0) is 143 Å². The summed E-state index contributed by atoms with van der Waals surface area (Å²) in [5.41, 5.74) is 11.3. The third-order valence-electron chi connectivity index (χ3n) is 14.1. The van der Waals surface area contributed by atoms with E-state index < -0.39 is 0 Å². The molecule has 4 saturated carbocycles. The highest BCUT2D eigenvalue weighted by Crippen LogP contribution is 2.69. The van der Waals surface area contributed by atoms with Crippen molar-refractivity contribution in [3.63, 3.8) is 0 Å². The SMILES string of the molecule is c1cc(-c2ccc3c(c2)C2(c4ccccc4O3)C3CC4CC(C3)CC2C4)cc(N(c2ccc(-c3cccc4ccccc34)cc2)c2cccc3ccccc23)c1. The third-order valence-corrected chi connectivity index (χ3v) is 14.1. The van der Waals surface area contributed by atoms with Gasteiger partial charge in [0.15, 0.2) is 0 Å². The van der Waals surface area contributed by atoms with Gasteiger partial charge >= 0.3 is 0 Å². The molecule has 1 aliphatic heterocycles. The maximum atomic E-state index is 6.77. The molecular weight excluding hydrogens is 679 g/mol. The molecular formula is C54H43NO. The lowest BCUT2D eigenvalue weighted by atomic mass is 9.41. The molecule has 0 radical (unpaired) electrons. The van der Waals surface area contributed by atoms with Gasteiger partial charge in [0.1, 0.15) is 11.5 Å². The molecule has 8 aromatic carbocycles. The average molecular weight is 722 g/mol. The van der Waals surface area contributed by atoms with Crippen LogP contribution >= 0.6 is 0 Å². The van der Waals surface area contributed by atoms with Gasteiger partial charge in [-0.15, -0.1) is 0 Å². The number of ether oxygens (including phenoxy) is 1. The summed E-state index contributed by atoms with van der Waals surface area (Å²) in [5, 5.41) is 4.99.